The second-order valence-corrected chi connectivity index (χ2v) is 9.94. The van der Waals surface area contributed by atoms with E-state index < -0.39 is 60.6 Å². The molecule has 2 aromatic heterocycles. The molecule has 4 rings (SSSR count). The van der Waals surface area contributed by atoms with E-state index in [2.05, 4.69) is 10.1 Å². The van der Waals surface area contributed by atoms with Crippen LogP contribution >= 0.6 is 0 Å². The van der Waals surface area contributed by atoms with Crippen LogP contribution in [0.3, 0.4) is 0 Å². The van der Waals surface area contributed by atoms with Gasteiger partial charge in [0.2, 0.25) is 0 Å². The standard InChI is InChI=1S/C20H15F6N3O3S/c1-2-33(31,32)15-8-13(18(5-6-18)20(24,25)26)10-27-16(15)29-17(30)14-7-12(19(21,22)23)4-3-11(14)9-28-29/h3-4,7-10H,2,5-6H2,1H3. The molecule has 6 nitrogen and oxygen atoms in total. The zero-order chi connectivity index (χ0) is 24.4. The summed E-state index contributed by atoms with van der Waals surface area (Å²) in [5, 5.41) is 3.47. The lowest BCUT2D eigenvalue weighted by molar-refractivity contribution is -0.160. The molecule has 1 saturated carbocycles. The van der Waals surface area contributed by atoms with Gasteiger partial charge in [-0.1, -0.05) is 13.0 Å². The summed E-state index contributed by atoms with van der Waals surface area (Å²) in [5.41, 5.74) is -4.78. The van der Waals surface area contributed by atoms with Gasteiger partial charge in [0.15, 0.2) is 15.7 Å². The summed E-state index contributed by atoms with van der Waals surface area (Å²) in [6.07, 6.45) is -7.96. The Morgan fingerprint density at radius 2 is 1.73 bits per heavy atom. The lowest BCUT2D eigenvalue weighted by atomic mass is 9.97. The maximum absolute atomic E-state index is 13.6. The van der Waals surface area contributed by atoms with Gasteiger partial charge in [-0.3, -0.25) is 4.79 Å². The maximum atomic E-state index is 13.6. The molecule has 3 aromatic rings. The molecule has 0 bridgehead atoms. The average Bonchev–Trinajstić information content (AvgIpc) is 3.55. The molecule has 0 spiro atoms. The van der Waals surface area contributed by atoms with Gasteiger partial charge in [-0.2, -0.15) is 36.1 Å². The number of nitrogens with zero attached hydrogens (tertiary/aromatic N) is 3. The Kier molecular flexibility index (Phi) is 5.11. The van der Waals surface area contributed by atoms with E-state index in [4.69, 9.17) is 0 Å². The van der Waals surface area contributed by atoms with Crippen molar-refractivity contribution in [3.63, 3.8) is 0 Å². The van der Waals surface area contributed by atoms with Crippen LogP contribution in [0.1, 0.15) is 30.9 Å². The highest BCUT2D eigenvalue weighted by molar-refractivity contribution is 7.91. The first-order chi connectivity index (χ1) is 15.2. The van der Waals surface area contributed by atoms with Gasteiger partial charge >= 0.3 is 12.4 Å². The first-order valence-corrected chi connectivity index (χ1v) is 11.3. The van der Waals surface area contributed by atoms with Crippen LogP contribution in [-0.4, -0.2) is 35.1 Å². The third-order valence-electron chi connectivity index (χ3n) is 5.71. The van der Waals surface area contributed by atoms with E-state index in [9.17, 15) is 39.6 Å². The van der Waals surface area contributed by atoms with Crippen LogP contribution < -0.4 is 5.56 Å². The van der Waals surface area contributed by atoms with Gasteiger partial charge in [0, 0.05) is 11.6 Å². The highest BCUT2D eigenvalue weighted by atomic mass is 32.2. The Labute approximate surface area is 182 Å². The Morgan fingerprint density at radius 3 is 2.27 bits per heavy atom. The van der Waals surface area contributed by atoms with Crippen LogP contribution in [0.2, 0.25) is 0 Å². The fourth-order valence-electron chi connectivity index (χ4n) is 3.57. The predicted octanol–water partition coefficient (Wildman–Crippen LogP) is 4.19. The van der Waals surface area contributed by atoms with Gasteiger partial charge < -0.3 is 0 Å². The van der Waals surface area contributed by atoms with Gasteiger partial charge in [0.1, 0.15) is 4.90 Å². The number of rotatable bonds is 4. The second kappa shape index (κ2) is 7.27. The molecule has 0 amide bonds. The topological polar surface area (TPSA) is 81.9 Å². The summed E-state index contributed by atoms with van der Waals surface area (Å²) in [5.74, 6) is -1.09. The van der Waals surface area contributed by atoms with Crippen molar-refractivity contribution in [2.24, 2.45) is 0 Å². The highest BCUT2D eigenvalue weighted by Crippen LogP contribution is 2.59. The minimum absolute atomic E-state index is 0.0646. The summed E-state index contributed by atoms with van der Waals surface area (Å²) < 4.78 is 106. The summed E-state index contributed by atoms with van der Waals surface area (Å²) >= 11 is 0. The molecule has 13 heteroatoms. The molecule has 0 unspecified atom stereocenters. The third kappa shape index (κ3) is 3.77. The first-order valence-electron chi connectivity index (χ1n) is 9.61. The van der Waals surface area contributed by atoms with Crippen LogP contribution in [0, 0.1) is 0 Å². The second-order valence-electron chi connectivity index (χ2n) is 7.69. The number of halogens is 6. The summed E-state index contributed by atoms with van der Waals surface area (Å²) in [7, 11) is -4.19. The smallest absolute Gasteiger partial charge is 0.267 e. The van der Waals surface area contributed by atoms with Crippen LogP contribution in [0.5, 0.6) is 0 Å². The summed E-state index contributed by atoms with van der Waals surface area (Å²) in [6, 6.07) is 3.23. The van der Waals surface area contributed by atoms with E-state index in [1.807, 2.05) is 0 Å². The van der Waals surface area contributed by atoms with Crippen LogP contribution in [0.25, 0.3) is 16.6 Å². The molecule has 176 valence electrons. The normalized spacial score (nSPS) is 16.2. The minimum Gasteiger partial charge on any atom is -0.267 e. The Hall–Kier alpha value is -2.96. The summed E-state index contributed by atoms with van der Waals surface area (Å²) in [4.78, 5) is 16.1. The van der Waals surface area contributed by atoms with Crippen LogP contribution in [0.15, 0.2) is 46.3 Å². The molecule has 2 heterocycles. The largest absolute Gasteiger partial charge is 0.416 e. The van der Waals surface area contributed by atoms with E-state index in [1.54, 1.807) is 0 Å². The molecule has 0 atom stereocenters. The van der Waals surface area contributed by atoms with Crippen molar-refractivity contribution in [1.82, 2.24) is 14.8 Å². The van der Waals surface area contributed by atoms with E-state index in [1.165, 1.54) is 6.92 Å². The maximum Gasteiger partial charge on any atom is 0.416 e. The van der Waals surface area contributed by atoms with Crippen molar-refractivity contribution in [3.05, 3.63) is 58.1 Å². The van der Waals surface area contributed by atoms with Crippen molar-refractivity contribution in [2.75, 3.05) is 5.75 Å². The Bertz CT molecular complexity index is 1420. The molecule has 0 aliphatic heterocycles. The van der Waals surface area contributed by atoms with E-state index in [-0.39, 0.29) is 23.8 Å². The number of pyridine rings is 1. The molecule has 0 N–H and O–H groups in total. The molecular weight excluding hydrogens is 476 g/mol. The molecule has 1 fully saturated rings. The number of fused-ring (bicyclic) bond motifs is 1. The molecule has 1 aliphatic rings. The zero-order valence-corrected chi connectivity index (χ0v) is 17.6. The lowest BCUT2D eigenvalue weighted by Crippen LogP contribution is -2.30. The van der Waals surface area contributed by atoms with Crippen LogP contribution in [-0.2, 0) is 21.4 Å². The predicted molar refractivity (Wildman–Crippen MR) is 105 cm³/mol. The van der Waals surface area contributed by atoms with Gasteiger partial charge in [0.25, 0.3) is 5.56 Å². The molecule has 0 saturated heterocycles. The molecule has 0 radical (unpaired) electrons. The van der Waals surface area contributed by atoms with Crippen molar-refractivity contribution < 1.29 is 34.8 Å². The van der Waals surface area contributed by atoms with Crippen molar-refractivity contribution >= 4 is 20.6 Å². The molecular formula is C20H15F6N3O3S. The quantitative estimate of drug-likeness (QED) is 0.512. The third-order valence-corrected chi connectivity index (χ3v) is 7.44. The Balaban J connectivity index is 1.97. The average molecular weight is 491 g/mol. The SMILES string of the molecule is CCS(=O)(=O)c1cc(C2(C(F)(F)F)CC2)cnc1-n1ncc2ccc(C(F)(F)F)cc2c1=O. The van der Waals surface area contributed by atoms with Crippen molar-refractivity contribution in [3.8, 4) is 5.82 Å². The number of benzene rings is 1. The first kappa shape index (κ1) is 23.2. The van der Waals surface area contributed by atoms with Gasteiger partial charge in [-0.25, -0.2) is 13.4 Å². The Morgan fingerprint density at radius 1 is 1.06 bits per heavy atom. The van der Waals surface area contributed by atoms with Gasteiger partial charge in [0.05, 0.1) is 28.3 Å². The van der Waals surface area contributed by atoms with E-state index in [0.29, 0.717) is 10.7 Å². The molecule has 33 heavy (non-hydrogen) atoms. The summed E-state index contributed by atoms with van der Waals surface area (Å²) in [6.45, 7) is 1.26. The number of hydrogen-bond acceptors (Lipinski definition) is 5. The number of sulfone groups is 1. The van der Waals surface area contributed by atoms with Gasteiger partial charge in [-0.05, 0) is 36.6 Å². The van der Waals surface area contributed by atoms with Gasteiger partial charge in [-0.15, -0.1) is 0 Å². The molecule has 1 aliphatic carbocycles. The van der Waals surface area contributed by atoms with Crippen molar-refractivity contribution in [2.45, 2.75) is 42.4 Å². The van der Waals surface area contributed by atoms with E-state index in [0.717, 1.165) is 30.6 Å². The molecule has 1 aromatic carbocycles. The lowest BCUT2D eigenvalue weighted by Gasteiger charge is -2.21. The van der Waals surface area contributed by atoms with E-state index >= 15 is 0 Å². The number of hydrogen-bond donors (Lipinski definition) is 0. The number of aromatic nitrogens is 3. The highest BCUT2D eigenvalue weighted by Gasteiger charge is 2.64. The minimum atomic E-state index is -4.73. The zero-order valence-electron chi connectivity index (χ0n) is 16.8. The fraction of sp³-hybridized carbons (Fsp3) is 0.350. The number of alkyl halides is 6. The fourth-order valence-corrected chi connectivity index (χ4v) is 4.61. The van der Waals surface area contributed by atoms with Crippen LogP contribution in [0.4, 0.5) is 26.3 Å². The monoisotopic (exact) mass is 491 g/mol. The van der Waals surface area contributed by atoms with Crippen molar-refractivity contribution in [1.29, 1.82) is 0 Å².